The lowest BCUT2D eigenvalue weighted by Crippen LogP contribution is -2.53. The highest BCUT2D eigenvalue weighted by Gasteiger charge is 2.65. The van der Waals surface area contributed by atoms with Gasteiger partial charge in [0, 0.05) is 21.9 Å². The van der Waals surface area contributed by atoms with E-state index in [0.717, 1.165) is 11.3 Å². The van der Waals surface area contributed by atoms with Crippen molar-refractivity contribution in [2.45, 2.75) is 38.4 Å². The highest BCUT2D eigenvalue weighted by Crippen LogP contribution is 2.49. The Balaban J connectivity index is 1.59. The minimum Gasteiger partial charge on any atom is -0.351 e. The van der Waals surface area contributed by atoms with Crippen molar-refractivity contribution in [3.8, 4) is 0 Å². The van der Waals surface area contributed by atoms with Gasteiger partial charge in [-0.1, -0.05) is 42.0 Å². The van der Waals surface area contributed by atoms with E-state index < -0.39 is 23.4 Å². The van der Waals surface area contributed by atoms with Crippen molar-refractivity contribution < 1.29 is 14.4 Å². The van der Waals surface area contributed by atoms with E-state index in [9.17, 15) is 14.4 Å². The van der Waals surface area contributed by atoms with Crippen molar-refractivity contribution in [1.29, 1.82) is 0 Å². The van der Waals surface area contributed by atoms with Crippen molar-refractivity contribution in [1.82, 2.24) is 4.90 Å². The van der Waals surface area contributed by atoms with E-state index in [4.69, 9.17) is 11.6 Å². The number of imide groups is 1. The van der Waals surface area contributed by atoms with Crippen LogP contribution in [0.1, 0.15) is 26.3 Å². The molecule has 2 aromatic rings. The standard InChI is InChI=1S/C25H24ClN3O3/c1-25(2,3)29-23(31)19-18-13-8-14-6-4-5-7-17(14)28(18)21(20(19)24(29)32)22(30)27-16-11-9-15(26)10-12-16/h4-13,18-21H,1-3H3,(H,27,30)/t18-,19-,20-,21-/m0/s1. The topological polar surface area (TPSA) is 69.7 Å². The molecule has 3 amide bonds. The van der Waals surface area contributed by atoms with Crippen LogP contribution in [-0.4, -0.2) is 40.2 Å². The van der Waals surface area contributed by atoms with Crippen molar-refractivity contribution >= 4 is 46.8 Å². The third kappa shape index (κ3) is 3.05. The zero-order valence-corrected chi connectivity index (χ0v) is 18.8. The fourth-order valence-electron chi connectivity index (χ4n) is 5.22. The molecule has 0 unspecified atom stereocenters. The number of nitrogens with zero attached hydrogens (tertiary/aromatic N) is 2. The first-order chi connectivity index (χ1) is 15.2. The Morgan fingerprint density at radius 1 is 0.969 bits per heavy atom. The number of benzene rings is 2. The molecule has 0 aromatic heterocycles. The van der Waals surface area contributed by atoms with Gasteiger partial charge in [0.15, 0.2) is 0 Å². The molecule has 5 rings (SSSR count). The number of likely N-dealkylation sites (tertiary alicyclic amines) is 1. The maximum absolute atomic E-state index is 13.6. The average Bonchev–Trinajstić information content (AvgIpc) is 3.22. The summed E-state index contributed by atoms with van der Waals surface area (Å²) in [6, 6.07) is 13.4. The molecule has 32 heavy (non-hydrogen) atoms. The predicted molar refractivity (Wildman–Crippen MR) is 124 cm³/mol. The first kappa shape index (κ1) is 20.8. The van der Waals surface area contributed by atoms with Crippen molar-refractivity contribution in [2.75, 3.05) is 10.2 Å². The molecule has 1 N–H and O–H groups in total. The molecule has 2 aromatic carbocycles. The summed E-state index contributed by atoms with van der Waals surface area (Å²) in [5.74, 6) is -2.17. The van der Waals surface area contributed by atoms with E-state index in [1.54, 1.807) is 24.3 Å². The van der Waals surface area contributed by atoms with E-state index in [2.05, 4.69) is 5.32 Å². The Morgan fingerprint density at radius 2 is 1.62 bits per heavy atom. The monoisotopic (exact) mass is 449 g/mol. The quantitative estimate of drug-likeness (QED) is 0.704. The fraction of sp³-hybridized carbons (Fsp3) is 0.320. The lowest BCUT2D eigenvalue weighted by Gasteiger charge is -2.38. The summed E-state index contributed by atoms with van der Waals surface area (Å²) >= 11 is 5.97. The molecule has 2 saturated heterocycles. The summed E-state index contributed by atoms with van der Waals surface area (Å²) in [5, 5.41) is 3.50. The van der Waals surface area contributed by atoms with Crippen LogP contribution in [0.5, 0.6) is 0 Å². The SMILES string of the molecule is CC(C)(C)N1C(=O)[C@@H]2[C@H](C1=O)[C@@H](C(=O)Nc1ccc(Cl)cc1)N1c3ccccc3C=C[C@@H]21. The number of hydrogen-bond acceptors (Lipinski definition) is 4. The van der Waals surface area contributed by atoms with E-state index in [1.165, 1.54) is 4.90 Å². The van der Waals surface area contributed by atoms with Crippen LogP contribution in [0.4, 0.5) is 11.4 Å². The normalized spacial score (nSPS) is 26.1. The number of halogens is 1. The highest BCUT2D eigenvalue weighted by molar-refractivity contribution is 6.30. The zero-order valence-electron chi connectivity index (χ0n) is 18.1. The minimum absolute atomic E-state index is 0.215. The molecule has 0 spiro atoms. The van der Waals surface area contributed by atoms with Crippen molar-refractivity contribution in [2.24, 2.45) is 11.8 Å². The van der Waals surface area contributed by atoms with Crippen LogP contribution in [-0.2, 0) is 14.4 Å². The molecule has 4 atom stereocenters. The Labute approximate surface area is 191 Å². The number of rotatable bonds is 2. The number of nitrogens with one attached hydrogen (secondary N) is 1. The van der Waals surface area contributed by atoms with Gasteiger partial charge in [-0.15, -0.1) is 0 Å². The fourth-order valence-corrected chi connectivity index (χ4v) is 5.35. The smallest absolute Gasteiger partial charge is 0.247 e. The minimum atomic E-state index is -0.810. The average molecular weight is 450 g/mol. The maximum Gasteiger partial charge on any atom is 0.247 e. The molecular formula is C25H24ClN3O3. The molecule has 164 valence electrons. The number of fused-ring (bicyclic) bond motifs is 5. The second kappa shape index (κ2) is 7.20. The number of hydrogen-bond donors (Lipinski definition) is 1. The molecule has 3 aliphatic heterocycles. The second-order valence-electron chi connectivity index (χ2n) is 9.49. The number of amides is 3. The van der Waals surface area contributed by atoms with Crippen molar-refractivity contribution in [3.63, 3.8) is 0 Å². The lowest BCUT2D eigenvalue weighted by molar-refractivity contribution is -0.146. The Bertz CT molecular complexity index is 1150. The van der Waals surface area contributed by atoms with Crippen molar-refractivity contribution in [3.05, 3.63) is 65.2 Å². The third-order valence-corrected chi connectivity index (χ3v) is 6.72. The van der Waals surface area contributed by atoms with Gasteiger partial charge in [-0.2, -0.15) is 0 Å². The number of carbonyl (C=O) groups excluding carboxylic acids is 3. The lowest BCUT2D eigenvalue weighted by atomic mass is 9.88. The van der Waals surface area contributed by atoms with Gasteiger partial charge in [-0.05, 0) is 56.7 Å². The largest absolute Gasteiger partial charge is 0.351 e. The van der Waals surface area contributed by atoms with E-state index >= 15 is 0 Å². The summed E-state index contributed by atoms with van der Waals surface area (Å²) in [6.07, 6.45) is 3.93. The molecule has 0 radical (unpaired) electrons. The summed E-state index contributed by atoms with van der Waals surface area (Å²) in [6.45, 7) is 5.53. The van der Waals surface area contributed by atoms with E-state index in [-0.39, 0.29) is 23.8 Å². The first-order valence-corrected chi connectivity index (χ1v) is 11.1. The van der Waals surface area contributed by atoms with Crippen LogP contribution < -0.4 is 10.2 Å². The maximum atomic E-state index is 13.6. The zero-order chi connectivity index (χ0) is 22.8. The first-order valence-electron chi connectivity index (χ1n) is 10.7. The third-order valence-electron chi connectivity index (χ3n) is 6.47. The molecule has 3 heterocycles. The summed E-state index contributed by atoms with van der Waals surface area (Å²) in [4.78, 5) is 44.0. The molecule has 7 heteroatoms. The molecule has 0 saturated carbocycles. The van der Waals surface area contributed by atoms with Crippen LogP contribution in [0.2, 0.25) is 5.02 Å². The molecule has 2 fully saturated rings. The van der Waals surface area contributed by atoms with Gasteiger partial charge in [0.25, 0.3) is 0 Å². The number of para-hydroxylation sites is 1. The van der Waals surface area contributed by atoms with E-state index in [1.807, 2.05) is 62.1 Å². The Morgan fingerprint density at radius 3 is 2.31 bits per heavy atom. The van der Waals surface area contributed by atoms with Gasteiger partial charge in [-0.3, -0.25) is 19.3 Å². The number of anilines is 2. The predicted octanol–water partition coefficient (Wildman–Crippen LogP) is 3.96. The van der Waals surface area contributed by atoms with Gasteiger partial charge in [0.1, 0.15) is 6.04 Å². The van der Waals surface area contributed by atoms with Gasteiger partial charge < -0.3 is 10.2 Å². The molecule has 6 nitrogen and oxygen atoms in total. The van der Waals surface area contributed by atoms with E-state index in [0.29, 0.717) is 10.7 Å². The van der Waals surface area contributed by atoms with Crippen LogP contribution in [0.25, 0.3) is 6.08 Å². The summed E-state index contributed by atoms with van der Waals surface area (Å²) in [5.41, 5.74) is 1.75. The van der Waals surface area contributed by atoms with Gasteiger partial charge in [0.2, 0.25) is 17.7 Å². The second-order valence-corrected chi connectivity index (χ2v) is 9.93. The molecule has 3 aliphatic rings. The molecular weight excluding hydrogens is 426 g/mol. The Hall–Kier alpha value is -3.12. The molecule has 0 aliphatic carbocycles. The van der Waals surface area contributed by atoms with Gasteiger partial charge in [-0.25, -0.2) is 0 Å². The van der Waals surface area contributed by atoms with Crippen LogP contribution in [0.3, 0.4) is 0 Å². The Kier molecular flexibility index (Phi) is 4.67. The van der Waals surface area contributed by atoms with Gasteiger partial charge in [0.05, 0.1) is 17.9 Å². The van der Waals surface area contributed by atoms with Crippen LogP contribution in [0, 0.1) is 11.8 Å². The highest BCUT2D eigenvalue weighted by atomic mass is 35.5. The number of carbonyl (C=O) groups is 3. The van der Waals surface area contributed by atoms with Gasteiger partial charge >= 0.3 is 0 Å². The summed E-state index contributed by atoms with van der Waals surface area (Å²) < 4.78 is 0. The summed E-state index contributed by atoms with van der Waals surface area (Å²) in [7, 11) is 0. The molecule has 0 bridgehead atoms. The van der Waals surface area contributed by atoms with Crippen LogP contribution >= 0.6 is 11.6 Å². The van der Waals surface area contributed by atoms with Crippen LogP contribution in [0.15, 0.2) is 54.6 Å².